The average molecular weight is 361 g/mol. The van der Waals surface area contributed by atoms with Crippen LogP contribution in [0.5, 0.6) is 0 Å². The van der Waals surface area contributed by atoms with Gasteiger partial charge in [-0.15, -0.1) is 0 Å². The van der Waals surface area contributed by atoms with Gasteiger partial charge in [0.05, 0.1) is 11.3 Å². The Balaban J connectivity index is 1.74. The molecule has 3 rings (SSSR count). The highest BCUT2D eigenvalue weighted by molar-refractivity contribution is 7.98. The molecule has 128 valence electrons. The lowest BCUT2D eigenvalue weighted by Crippen LogP contribution is -2.14. The molecule has 0 saturated carbocycles. The Hall–Kier alpha value is -2.74. The first-order chi connectivity index (χ1) is 12.0. The van der Waals surface area contributed by atoms with Crippen LogP contribution in [0.1, 0.15) is 21.8 Å². The van der Waals surface area contributed by atoms with Gasteiger partial charge in [-0.05, 0) is 31.2 Å². The number of hydrogen-bond donors (Lipinski definition) is 1. The van der Waals surface area contributed by atoms with Gasteiger partial charge in [-0.3, -0.25) is 4.79 Å². The van der Waals surface area contributed by atoms with Gasteiger partial charge in [0.15, 0.2) is 11.6 Å². The maximum Gasteiger partial charge on any atom is 0.258 e. The monoisotopic (exact) mass is 361 g/mol. The SMILES string of the molecule is Cc1cc(CSc2ncccc2C(=O)Nc2ccc(F)c(F)c2)no1. The van der Waals surface area contributed by atoms with E-state index in [-0.39, 0.29) is 5.69 Å². The van der Waals surface area contributed by atoms with Crippen molar-refractivity contribution in [3.8, 4) is 0 Å². The normalized spacial score (nSPS) is 10.7. The van der Waals surface area contributed by atoms with Gasteiger partial charge in [0, 0.05) is 29.8 Å². The minimum absolute atomic E-state index is 0.163. The molecule has 8 heteroatoms. The van der Waals surface area contributed by atoms with E-state index in [1.54, 1.807) is 31.3 Å². The van der Waals surface area contributed by atoms with Crippen molar-refractivity contribution in [2.75, 3.05) is 5.32 Å². The van der Waals surface area contributed by atoms with Gasteiger partial charge in [0.1, 0.15) is 10.8 Å². The van der Waals surface area contributed by atoms with E-state index >= 15 is 0 Å². The summed E-state index contributed by atoms with van der Waals surface area (Å²) >= 11 is 1.33. The van der Waals surface area contributed by atoms with Crippen molar-refractivity contribution in [1.82, 2.24) is 10.1 Å². The molecule has 0 fully saturated rings. The predicted octanol–water partition coefficient (Wildman–Crippen LogP) is 4.20. The van der Waals surface area contributed by atoms with Gasteiger partial charge in [-0.25, -0.2) is 13.8 Å². The summed E-state index contributed by atoms with van der Waals surface area (Å²) in [6, 6.07) is 8.21. The van der Waals surface area contributed by atoms with Crippen molar-refractivity contribution >= 4 is 23.4 Å². The molecule has 0 aliphatic heterocycles. The first-order valence-corrected chi connectivity index (χ1v) is 8.28. The lowest BCUT2D eigenvalue weighted by atomic mass is 10.2. The van der Waals surface area contributed by atoms with Crippen LogP contribution >= 0.6 is 11.8 Å². The van der Waals surface area contributed by atoms with Crippen LogP contribution in [0.3, 0.4) is 0 Å². The number of carbonyl (C=O) groups is 1. The number of anilines is 1. The maximum absolute atomic E-state index is 13.3. The number of rotatable bonds is 5. The van der Waals surface area contributed by atoms with Gasteiger partial charge in [0.2, 0.25) is 0 Å². The number of nitrogens with one attached hydrogen (secondary N) is 1. The van der Waals surface area contributed by atoms with Crippen LogP contribution in [-0.2, 0) is 5.75 Å². The number of amides is 1. The van der Waals surface area contributed by atoms with Crippen LogP contribution < -0.4 is 5.32 Å². The average Bonchev–Trinajstić information content (AvgIpc) is 3.02. The molecule has 1 aromatic carbocycles. The fourth-order valence-corrected chi connectivity index (χ4v) is 2.95. The summed E-state index contributed by atoms with van der Waals surface area (Å²) in [6.45, 7) is 1.79. The Bertz CT molecular complexity index is 914. The topological polar surface area (TPSA) is 68.0 Å². The number of thioether (sulfide) groups is 1. The molecule has 1 N–H and O–H groups in total. The second-order valence-electron chi connectivity index (χ2n) is 5.16. The highest BCUT2D eigenvalue weighted by Crippen LogP contribution is 2.25. The number of hydrogen-bond acceptors (Lipinski definition) is 5. The predicted molar refractivity (Wildman–Crippen MR) is 89.3 cm³/mol. The lowest BCUT2D eigenvalue weighted by molar-refractivity contribution is 0.102. The van der Waals surface area contributed by atoms with Crippen LogP contribution in [0.2, 0.25) is 0 Å². The van der Waals surface area contributed by atoms with Gasteiger partial charge in [0.25, 0.3) is 5.91 Å². The smallest absolute Gasteiger partial charge is 0.258 e. The van der Waals surface area contributed by atoms with Crippen molar-refractivity contribution in [2.45, 2.75) is 17.7 Å². The van der Waals surface area contributed by atoms with E-state index in [9.17, 15) is 13.6 Å². The second kappa shape index (κ2) is 7.43. The van der Waals surface area contributed by atoms with Crippen LogP contribution in [0, 0.1) is 18.6 Å². The minimum Gasteiger partial charge on any atom is -0.361 e. The number of carbonyl (C=O) groups excluding carboxylic acids is 1. The van der Waals surface area contributed by atoms with E-state index in [1.165, 1.54) is 17.8 Å². The van der Waals surface area contributed by atoms with Gasteiger partial charge in [-0.2, -0.15) is 0 Å². The van der Waals surface area contributed by atoms with E-state index in [1.807, 2.05) is 0 Å². The molecule has 0 aliphatic rings. The molecule has 0 aliphatic carbocycles. The third-order valence-corrected chi connectivity index (χ3v) is 4.27. The zero-order valence-electron chi connectivity index (χ0n) is 13.1. The lowest BCUT2D eigenvalue weighted by Gasteiger charge is -2.09. The first-order valence-electron chi connectivity index (χ1n) is 7.29. The molecule has 0 saturated heterocycles. The Kier molecular flexibility index (Phi) is 5.08. The molecule has 0 bridgehead atoms. The van der Waals surface area contributed by atoms with E-state index in [4.69, 9.17) is 4.52 Å². The number of nitrogens with zero attached hydrogens (tertiary/aromatic N) is 2. The van der Waals surface area contributed by atoms with Crippen LogP contribution in [0.25, 0.3) is 0 Å². The largest absolute Gasteiger partial charge is 0.361 e. The van der Waals surface area contributed by atoms with Gasteiger partial charge in [-0.1, -0.05) is 16.9 Å². The number of aryl methyl sites for hydroxylation is 1. The van der Waals surface area contributed by atoms with Crippen molar-refractivity contribution in [1.29, 1.82) is 0 Å². The Labute approximate surface area is 146 Å². The number of benzene rings is 1. The molecule has 0 radical (unpaired) electrons. The highest BCUT2D eigenvalue weighted by Gasteiger charge is 2.15. The minimum atomic E-state index is -1.03. The van der Waals surface area contributed by atoms with E-state index < -0.39 is 17.5 Å². The first kappa shape index (κ1) is 17.1. The zero-order valence-corrected chi connectivity index (χ0v) is 13.9. The van der Waals surface area contributed by atoms with Crippen LogP contribution in [0.15, 0.2) is 52.1 Å². The van der Waals surface area contributed by atoms with Gasteiger partial charge < -0.3 is 9.84 Å². The molecule has 25 heavy (non-hydrogen) atoms. The van der Waals surface area contributed by atoms with Crippen molar-refractivity contribution in [3.05, 3.63) is 71.2 Å². The zero-order chi connectivity index (χ0) is 17.8. The summed E-state index contributed by atoms with van der Waals surface area (Å²) in [5.41, 5.74) is 1.23. The Morgan fingerprint density at radius 2 is 2.08 bits per heavy atom. The molecule has 2 aromatic heterocycles. The standard InChI is InChI=1S/C17H13F2N3O2S/c1-10-7-12(22-24-10)9-25-17-13(3-2-6-20-17)16(23)21-11-4-5-14(18)15(19)8-11/h2-8H,9H2,1H3,(H,21,23). The number of pyridine rings is 1. The number of aromatic nitrogens is 2. The van der Waals surface area contributed by atoms with Crippen molar-refractivity contribution in [2.24, 2.45) is 0 Å². The summed E-state index contributed by atoms with van der Waals surface area (Å²) in [7, 11) is 0. The second-order valence-corrected chi connectivity index (χ2v) is 6.12. The van der Waals surface area contributed by atoms with Crippen molar-refractivity contribution < 1.29 is 18.1 Å². The third kappa shape index (κ3) is 4.21. The summed E-state index contributed by atoms with van der Waals surface area (Å²) < 4.78 is 31.2. The summed E-state index contributed by atoms with van der Waals surface area (Å²) in [5.74, 6) is -1.27. The van der Waals surface area contributed by atoms with Gasteiger partial charge >= 0.3 is 0 Å². The Morgan fingerprint density at radius 1 is 1.24 bits per heavy atom. The number of halogens is 2. The molecule has 3 aromatic rings. The summed E-state index contributed by atoms with van der Waals surface area (Å²) in [4.78, 5) is 16.6. The molecule has 1 amide bonds. The van der Waals surface area contributed by atoms with Crippen molar-refractivity contribution in [3.63, 3.8) is 0 Å². The highest BCUT2D eigenvalue weighted by atomic mass is 32.2. The fraction of sp³-hybridized carbons (Fsp3) is 0.118. The fourth-order valence-electron chi connectivity index (χ4n) is 2.08. The quantitative estimate of drug-likeness (QED) is 0.690. The molecule has 2 heterocycles. The summed E-state index contributed by atoms with van der Waals surface area (Å²) in [5, 5.41) is 6.93. The Morgan fingerprint density at radius 3 is 2.80 bits per heavy atom. The molecule has 0 spiro atoms. The van der Waals surface area contributed by atoms with E-state index in [0.29, 0.717) is 22.1 Å². The van der Waals surface area contributed by atoms with E-state index in [0.717, 1.165) is 17.8 Å². The van der Waals surface area contributed by atoms with Crippen LogP contribution in [-0.4, -0.2) is 16.0 Å². The molecule has 5 nitrogen and oxygen atoms in total. The van der Waals surface area contributed by atoms with E-state index in [2.05, 4.69) is 15.5 Å². The molecular weight excluding hydrogens is 348 g/mol. The maximum atomic E-state index is 13.3. The molecule has 0 unspecified atom stereocenters. The summed E-state index contributed by atoms with van der Waals surface area (Å²) in [6.07, 6.45) is 1.57. The molecule has 0 atom stereocenters. The molecular formula is C17H13F2N3O2S. The van der Waals surface area contributed by atoms with Crippen LogP contribution in [0.4, 0.5) is 14.5 Å². The third-order valence-electron chi connectivity index (χ3n) is 3.23.